The Labute approximate surface area is 167 Å². The predicted molar refractivity (Wildman–Crippen MR) is 104 cm³/mol. The summed E-state index contributed by atoms with van der Waals surface area (Å²) in [7, 11) is 0. The van der Waals surface area contributed by atoms with Gasteiger partial charge in [0, 0.05) is 43.2 Å². The molecular weight excluding hydrogens is 356 g/mol. The number of fused-ring (bicyclic) bond motifs is 5. The van der Waals surface area contributed by atoms with Crippen LogP contribution in [0.1, 0.15) is 65.2 Å². The fourth-order valence-electron chi connectivity index (χ4n) is 7.37. The Kier molecular flexibility index (Phi) is 5.05. The van der Waals surface area contributed by atoms with Gasteiger partial charge in [-0.15, -0.1) is 0 Å². The number of ether oxygens (including phenoxy) is 1. The Morgan fingerprint density at radius 3 is 2.71 bits per heavy atom. The molecule has 0 saturated heterocycles. The molecule has 4 aliphatic carbocycles. The van der Waals surface area contributed by atoms with Gasteiger partial charge in [-0.1, -0.05) is 26.7 Å². The summed E-state index contributed by atoms with van der Waals surface area (Å²) in [5, 5.41) is 2.65. The summed E-state index contributed by atoms with van der Waals surface area (Å²) in [5.41, 5.74) is 5.02. The standard InChI is InChI=1S/C22H34N2O4/c1-21-7-4-3-5-15(21)16(25)11-13-14(21)6-8-22(2)18(26)12-17(19(13)22)28-20(27)24-10-9-23/h13-15,17,19H,3-12,23H2,1-2H3,(H,24,27)/t13-,14+,15-,17?,19-,21-,22-/m1/s1. The molecule has 6 nitrogen and oxygen atoms in total. The van der Waals surface area contributed by atoms with Crippen molar-refractivity contribution in [2.45, 2.75) is 71.3 Å². The number of ketones is 2. The van der Waals surface area contributed by atoms with Crippen molar-refractivity contribution in [1.82, 2.24) is 5.32 Å². The van der Waals surface area contributed by atoms with Gasteiger partial charge >= 0.3 is 6.09 Å². The number of nitrogens with one attached hydrogen (secondary N) is 1. The zero-order valence-corrected chi connectivity index (χ0v) is 17.2. The van der Waals surface area contributed by atoms with Gasteiger partial charge in [-0.25, -0.2) is 4.79 Å². The molecule has 0 aromatic rings. The van der Waals surface area contributed by atoms with Crippen LogP contribution in [0, 0.1) is 34.5 Å². The zero-order valence-electron chi connectivity index (χ0n) is 17.2. The number of amides is 1. The number of hydrogen-bond donors (Lipinski definition) is 2. The Balaban J connectivity index is 1.62. The molecule has 0 aromatic carbocycles. The van der Waals surface area contributed by atoms with Crippen LogP contribution in [0.2, 0.25) is 0 Å². The normalized spacial score (nSPS) is 45.0. The topological polar surface area (TPSA) is 98.5 Å². The van der Waals surface area contributed by atoms with Crippen LogP contribution < -0.4 is 11.1 Å². The van der Waals surface area contributed by atoms with Crippen LogP contribution in [0.3, 0.4) is 0 Å². The lowest BCUT2D eigenvalue weighted by molar-refractivity contribution is -0.159. The third-order valence-corrected chi connectivity index (χ3v) is 8.71. The van der Waals surface area contributed by atoms with E-state index in [4.69, 9.17) is 10.5 Å². The molecule has 156 valence electrons. The van der Waals surface area contributed by atoms with E-state index in [-0.39, 0.29) is 35.4 Å². The van der Waals surface area contributed by atoms with Crippen LogP contribution >= 0.6 is 0 Å². The molecule has 3 N–H and O–H groups in total. The minimum absolute atomic E-state index is 0.0393. The SMILES string of the molecule is C[C@]12CCCC[C@@H]1C(=O)C[C@@H]1[C@@H]2CC[C@]2(C)C(=O)CC(OC(=O)NCCN)[C@@H]12. The Bertz CT molecular complexity index is 679. The van der Waals surface area contributed by atoms with E-state index in [0.717, 1.165) is 32.1 Å². The lowest BCUT2D eigenvalue weighted by Gasteiger charge is -2.59. The van der Waals surface area contributed by atoms with Crippen LogP contribution in [0.25, 0.3) is 0 Å². The van der Waals surface area contributed by atoms with Crippen LogP contribution in [-0.2, 0) is 14.3 Å². The van der Waals surface area contributed by atoms with Crippen molar-refractivity contribution in [3.8, 4) is 0 Å². The molecule has 0 spiro atoms. The number of alkyl carbamates (subject to hydrolysis) is 1. The van der Waals surface area contributed by atoms with Gasteiger partial charge in [-0.3, -0.25) is 9.59 Å². The van der Waals surface area contributed by atoms with Crippen molar-refractivity contribution in [3.63, 3.8) is 0 Å². The van der Waals surface area contributed by atoms with Gasteiger partial charge in [0.15, 0.2) is 0 Å². The first-order valence-electron chi connectivity index (χ1n) is 11.0. The van der Waals surface area contributed by atoms with Crippen LogP contribution in [0.4, 0.5) is 4.79 Å². The van der Waals surface area contributed by atoms with Gasteiger partial charge in [0.25, 0.3) is 0 Å². The van der Waals surface area contributed by atoms with Gasteiger partial charge < -0.3 is 15.8 Å². The molecule has 4 aliphatic rings. The molecule has 0 radical (unpaired) electrons. The van der Waals surface area contributed by atoms with E-state index in [2.05, 4.69) is 12.2 Å². The highest BCUT2D eigenvalue weighted by Gasteiger charge is 2.65. The Hall–Kier alpha value is -1.43. The monoisotopic (exact) mass is 390 g/mol. The van der Waals surface area contributed by atoms with Crippen molar-refractivity contribution in [3.05, 3.63) is 0 Å². The van der Waals surface area contributed by atoms with Crippen molar-refractivity contribution in [2.75, 3.05) is 13.1 Å². The first kappa shape index (κ1) is 19.9. The largest absolute Gasteiger partial charge is 0.445 e. The third-order valence-electron chi connectivity index (χ3n) is 8.71. The molecule has 1 unspecified atom stereocenters. The predicted octanol–water partition coefficient (Wildman–Crippen LogP) is 2.83. The summed E-state index contributed by atoms with van der Waals surface area (Å²) in [5.74, 6) is 1.28. The van der Waals surface area contributed by atoms with Gasteiger partial charge in [0.2, 0.25) is 0 Å². The minimum atomic E-state index is -0.501. The maximum atomic E-state index is 13.1. The van der Waals surface area contributed by atoms with Crippen LogP contribution in [0.15, 0.2) is 0 Å². The maximum Gasteiger partial charge on any atom is 0.407 e. The fourth-order valence-corrected chi connectivity index (χ4v) is 7.37. The summed E-state index contributed by atoms with van der Waals surface area (Å²) >= 11 is 0. The second kappa shape index (κ2) is 7.12. The Morgan fingerprint density at radius 1 is 1.18 bits per heavy atom. The van der Waals surface area contributed by atoms with Gasteiger partial charge in [0.05, 0.1) is 0 Å². The number of Topliss-reactive ketones (excluding diaryl/α,β-unsaturated/α-hetero) is 2. The number of carbonyl (C=O) groups is 3. The van der Waals surface area contributed by atoms with E-state index >= 15 is 0 Å². The lowest BCUT2D eigenvalue weighted by Crippen LogP contribution is -2.57. The zero-order chi connectivity index (χ0) is 20.1. The average Bonchev–Trinajstić information content (AvgIpc) is 2.90. The molecule has 1 amide bonds. The van der Waals surface area contributed by atoms with Crippen molar-refractivity contribution in [1.29, 1.82) is 0 Å². The molecule has 0 aromatic heterocycles. The summed E-state index contributed by atoms with van der Waals surface area (Å²) in [6.07, 6.45) is 6.19. The van der Waals surface area contributed by atoms with E-state index in [1.165, 1.54) is 6.42 Å². The molecule has 0 aliphatic heterocycles. The van der Waals surface area contributed by atoms with Crippen molar-refractivity contribution >= 4 is 17.7 Å². The molecular formula is C22H34N2O4. The first-order valence-corrected chi connectivity index (χ1v) is 11.0. The molecule has 28 heavy (non-hydrogen) atoms. The molecule has 0 heterocycles. The first-order chi connectivity index (χ1) is 13.3. The van der Waals surface area contributed by atoms with Crippen LogP contribution in [0.5, 0.6) is 0 Å². The van der Waals surface area contributed by atoms with Crippen molar-refractivity contribution in [2.24, 2.45) is 40.2 Å². The van der Waals surface area contributed by atoms with E-state index in [0.29, 0.717) is 31.2 Å². The molecule has 4 saturated carbocycles. The van der Waals surface area contributed by atoms with E-state index in [1.807, 2.05) is 6.92 Å². The minimum Gasteiger partial charge on any atom is -0.445 e. The third kappa shape index (κ3) is 2.90. The number of nitrogens with two attached hydrogens (primary N) is 1. The van der Waals surface area contributed by atoms with E-state index in [9.17, 15) is 14.4 Å². The van der Waals surface area contributed by atoms with Gasteiger partial charge in [-0.05, 0) is 42.9 Å². The molecule has 4 rings (SSSR count). The highest BCUT2D eigenvalue weighted by molar-refractivity contribution is 5.89. The van der Waals surface area contributed by atoms with E-state index < -0.39 is 17.6 Å². The molecule has 4 fully saturated rings. The fraction of sp³-hybridized carbons (Fsp3) is 0.864. The second-order valence-electron chi connectivity index (χ2n) is 10.0. The summed E-state index contributed by atoms with van der Waals surface area (Å²) < 4.78 is 5.73. The highest BCUT2D eigenvalue weighted by atomic mass is 16.6. The highest BCUT2D eigenvalue weighted by Crippen LogP contribution is 2.65. The number of hydrogen-bond acceptors (Lipinski definition) is 5. The summed E-state index contributed by atoms with van der Waals surface area (Å²) in [4.78, 5) is 38.2. The van der Waals surface area contributed by atoms with Crippen LogP contribution in [-0.4, -0.2) is 36.9 Å². The Morgan fingerprint density at radius 2 is 1.96 bits per heavy atom. The smallest absolute Gasteiger partial charge is 0.407 e. The molecule has 0 bridgehead atoms. The second-order valence-corrected chi connectivity index (χ2v) is 10.0. The summed E-state index contributed by atoms with van der Waals surface area (Å²) in [6.45, 7) is 5.05. The molecule has 6 heteroatoms. The van der Waals surface area contributed by atoms with Gasteiger partial charge in [-0.2, -0.15) is 0 Å². The van der Waals surface area contributed by atoms with E-state index in [1.54, 1.807) is 0 Å². The maximum absolute atomic E-state index is 13.1. The van der Waals surface area contributed by atoms with Crippen molar-refractivity contribution < 1.29 is 19.1 Å². The van der Waals surface area contributed by atoms with Gasteiger partial charge in [0.1, 0.15) is 17.7 Å². The lowest BCUT2D eigenvalue weighted by atomic mass is 9.45. The molecule has 7 atom stereocenters. The number of rotatable bonds is 3. The number of carbonyl (C=O) groups excluding carboxylic acids is 3. The average molecular weight is 391 g/mol. The summed E-state index contributed by atoms with van der Waals surface area (Å²) in [6, 6.07) is 0. The quantitative estimate of drug-likeness (QED) is 0.772.